The molecule has 0 spiro atoms. The van der Waals surface area contributed by atoms with Crippen molar-refractivity contribution in [2.24, 2.45) is 5.92 Å². The van der Waals surface area contributed by atoms with Crippen molar-refractivity contribution in [3.8, 4) is 0 Å². The van der Waals surface area contributed by atoms with Crippen LogP contribution in [-0.2, 0) is 4.79 Å². The number of halogens is 2. The van der Waals surface area contributed by atoms with Gasteiger partial charge in [-0.2, -0.15) is 0 Å². The van der Waals surface area contributed by atoms with Crippen molar-refractivity contribution in [2.45, 2.75) is 6.42 Å². The van der Waals surface area contributed by atoms with Crippen LogP contribution in [0.15, 0.2) is 16.6 Å². The number of anilines is 1. The van der Waals surface area contributed by atoms with Gasteiger partial charge in [0.15, 0.2) is 5.82 Å². The highest BCUT2D eigenvalue weighted by Crippen LogP contribution is 2.34. The smallest absolute Gasteiger partial charge is 0.337 e. The Labute approximate surface area is 116 Å². The second kappa shape index (κ2) is 5.26. The van der Waals surface area contributed by atoms with Crippen molar-refractivity contribution < 1.29 is 24.2 Å². The molecule has 102 valence electrons. The lowest BCUT2D eigenvalue weighted by Gasteiger charge is -2.20. The molecule has 1 fully saturated rings. The van der Waals surface area contributed by atoms with E-state index < -0.39 is 17.7 Å². The number of amides is 1. The number of carbonyl (C=O) groups is 2. The predicted octanol–water partition coefficient (Wildman–Crippen LogP) is 1.63. The predicted molar refractivity (Wildman–Crippen MR) is 68.6 cm³/mol. The molecule has 0 bridgehead atoms. The highest BCUT2D eigenvalue weighted by atomic mass is 79.9. The first-order valence-electron chi connectivity index (χ1n) is 5.58. The van der Waals surface area contributed by atoms with Crippen LogP contribution in [0.1, 0.15) is 16.8 Å². The minimum Gasteiger partial charge on any atom is -0.478 e. The Morgan fingerprint density at radius 2 is 2.21 bits per heavy atom. The number of nitrogens with zero attached hydrogens (tertiary/aromatic N) is 1. The summed E-state index contributed by atoms with van der Waals surface area (Å²) in [5.74, 6) is -2.78. The number of carboxylic acid groups (broad SMARTS) is 1. The lowest BCUT2D eigenvalue weighted by atomic mass is 10.1. The topological polar surface area (TPSA) is 77.8 Å². The molecule has 1 aliphatic heterocycles. The third kappa shape index (κ3) is 2.48. The number of rotatable bonds is 3. The lowest BCUT2D eigenvalue weighted by Crippen LogP contribution is -2.28. The molecular weight excluding hydrogens is 321 g/mol. The van der Waals surface area contributed by atoms with Gasteiger partial charge in [0.1, 0.15) is 0 Å². The monoisotopic (exact) mass is 331 g/mol. The Balaban J connectivity index is 2.52. The maximum atomic E-state index is 14.1. The number of carboxylic acids is 1. The number of benzene rings is 1. The summed E-state index contributed by atoms with van der Waals surface area (Å²) in [6.07, 6.45) is 0.0848. The summed E-state index contributed by atoms with van der Waals surface area (Å²) >= 11 is 2.97. The van der Waals surface area contributed by atoms with Crippen LogP contribution < -0.4 is 4.90 Å². The molecule has 1 amide bonds. The summed E-state index contributed by atoms with van der Waals surface area (Å²) in [6.45, 7) is -0.0801. The lowest BCUT2D eigenvalue weighted by molar-refractivity contribution is -0.117. The van der Waals surface area contributed by atoms with Gasteiger partial charge in [0, 0.05) is 25.5 Å². The van der Waals surface area contributed by atoms with Crippen molar-refractivity contribution in [3.63, 3.8) is 0 Å². The van der Waals surface area contributed by atoms with Crippen LogP contribution in [0, 0.1) is 11.7 Å². The van der Waals surface area contributed by atoms with E-state index in [1.54, 1.807) is 0 Å². The summed E-state index contributed by atoms with van der Waals surface area (Å²) in [6, 6.07) is 2.52. The Kier molecular flexibility index (Phi) is 3.86. The fourth-order valence-electron chi connectivity index (χ4n) is 2.10. The quantitative estimate of drug-likeness (QED) is 0.882. The number of hydrogen-bond donors (Lipinski definition) is 2. The van der Waals surface area contributed by atoms with Gasteiger partial charge in [-0.05, 0) is 28.1 Å². The zero-order valence-electron chi connectivity index (χ0n) is 9.77. The van der Waals surface area contributed by atoms with Gasteiger partial charge in [0.05, 0.1) is 15.7 Å². The zero-order chi connectivity index (χ0) is 14.2. The van der Waals surface area contributed by atoms with E-state index in [0.717, 1.165) is 4.90 Å². The van der Waals surface area contributed by atoms with Crippen molar-refractivity contribution in [2.75, 3.05) is 18.1 Å². The first kappa shape index (κ1) is 14.0. The van der Waals surface area contributed by atoms with Crippen LogP contribution >= 0.6 is 15.9 Å². The first-order chi connectivity index (χ1) is 8.95. The minimum atomic E-state index is -1.30. The number of aliphatic hydroxyl groups excluding tert-OH is 1. The van der Waals surface area contributed by atoms with E-state index in [4.69, 9.17) is 10.2 Å². The SMILES string of the molecule is O=C(O)c1ccc(Br)c(F)c1N1CC(CO)CC1=O. The third-order valence-electron chi connectivity index (χ3n) is 3.03. The van der Waals surface area contributed by atoms with Gasteiger partial charge >= 0.3 is 5.97 Å². The highest BCUT2D eigenvalue weighted by Gasteiger charge is 2.34. The largest absolute Gasteiger partial charge is 0.478 e. The molecule has 1 heterocycles. The molecule has 2 rings (SSSR count). The molecule has 0 aromatic heterocycles. The second-order valence-corrected chi connectivity index (χ2v) is 5.17. The molecule has 5 nitrogen and oxygen atoms in total. The number of aliphatic hydroxyl groups is 1. The van der Waals surface area contributed by atoms with Crippen molar-refractivity contribution in [1.82, 2.24) is 0 Å². The molecule has 7 heteroatoms. The van der Waals surface area contributed by atoms with Gasteiger partial charge in [0.2, 0.25) is 5.91 Å². The zero-order valence-corrected chi connectivity index (χ0v) is 11.4. The summed E-state index contributed by atoms with van der Waals surface area (Å²) in [4.78, 5) is 24.0. The molecule has 1 atom stereocenters. The maximum absolute atomic E-state index is 14.1. The summed E-state index contributed by atoms with van der Waals surface area (Å²) < 4.78 is 14.2. The standard InChI is InChI=1S/C12H11BrFNO4/c13-8-2-1-7(12(18)19)11(10(8)14)15-4-6(5-16)3-9(15)17/h1-2,6,16H,3-5H2,(H,18,19). The van der Waals surface area contributed by atoms with Crippen molar-refractivity contribution in [3.05, 3.63) is 28.0 Å². The maximum Gasteiger partial charge on any atom is 0.337 e. The van der Waals surface area contributed by atoms with Crippen molar-refractivity contribution >= 4 is 33.5 Å². The molecule has 1 aliphatic rings. The van der Waals surface area contributed by atoms with Crippen LogP contribution in [0.4, 0.5) is 10.1 Å². The van der Waals surface area contributed by atoms with Crippen LogP contribution in [0.3, 0.4) is 0 Å². The molecule has 0 radical (unpaired) electrons. The molecule has 1 aromatic rings. The van der Waals surface area contributed by atoms with E-state index in [2.05, 4.69) is 15.9 Å². The van der Waals surface area contributed by atoms with Crippen LogP contribution in [-0.4, -0.2) is 35.2 Å². The van der Waals surface area contributed by atoms with Crippen molar-refractivity contribution in [1.29, 1.82) is 0 Å². The number of aromatic carboxylic acids is 1. The molecule has 1 saturated heterocycles. The van der Waals surface area contributed by atoms with Gasteiger partial charge in [-0.15, -0.1) is 0 Å². The van der Waals surface area contributed by atoms with E-state index in [-0.39, 0.29) is 41.2 Å². The molecule has 1 unspecified atom stereocenters. The molecule has 0 saturated carbocycles. The second-order valence-electron chi connectivity index (χ2n) is 4.32. The average Bonchev–Trinajstić information content (AvgIpc) is 2.73. The Morgan fingerprint density at radius 3 is 2.74 bits per heavy atom. The Morgan fingerprint density at radius 1 is 1.53 bits per heavy atom. The highest BCUT2D eigenvalue weighted by molar-refractivity contribution is 9.10. The first-order valence-corrected chi connectivity index (χ1v) is 6.37. The van der Waals surface area contributed by atoms with Crippen LogP contribution in [0.5, 0.6) is 0 Å². The number of hydrogen-bond acceptors (Lipinski definition) is 3. The summed E-state index contributed by atoms with van der Waals surface area (Å²) in [7, 11) is 0. The average molecular weight is 332 g/mol. The van der Waals surface area contributed by atoms with E-state index in [9.17, 15) is 14.0 Å². The fourth-order valence-corrected chi connectivity index (χ4v) is 2.42. The van der Waals surface area contributed by atoms with Gasteiger partial charge in [0.25, 0.3) is 0 Å². The molecular formula is C12H11BrFNO4. The van der Waals surface area contributed by atoms with E-state index in [1.807, 2.05) is 0 Å². The van der Waals surface area contributed by atoms with Gasteiger partial charge in [-0.3, -0.25) is 4.79 Å². The normalized spacial score (nSPS) is 19.0. The van der Waals surface area contributed by atoms with E-state index in [1.165, 1.54) is 12.1 Å². The van der Waals surface area contributed by atoms with E-state index in [0.29, 0.717) is 0 Å². The Bertz CT molecular complexity index is 549. The minimum absolute atomic E-state index is 0.0848. The molecule has 0 aliphatic carbocycles. The summed E-state index contributed by atoms with van der Waals surface area (Å²) in [5.41, 5.74) is -0.518. The molecule has 19 heavy (non-hydrogen) atoms. The van der Waals surface area contributed by atoms with Crippen LogP contribution in [0.2, 0.25) is 0 Å². The van der Waals surface area contributed by atoms with E-state index >= 15 is 0 Å². The number of carbonyl (C=O) groups excluding carboxylic acids is 1. The molecule has 1 aromatic carbocycles. The van der Waals surface area contributed by atoms with Gasteiger partial charge in [-0.1, -0.05) is 0 Å². The third-order valence-corrected chi connectivity index (χ3v) is 3.65. The Hall–Kier alpha value is -1.47. The fraction of sp³-hybridized carbons (Fsp3) is 0.333. The van der Waals surface area contributed by atoms with Gasteiger partial charge < -0.3 is 15.1 Å². The summed E-state index contributed by atoms with van der Waals surface area (Å²) in [5, 5.41) is 18.1. The molecule has 2 N–H and O–H groups in total. The van der Waals surface area contributed by atoms with Gasteiger partial charge in [-0.25, -0.2) is 9.18 Å². The van der Waals surface area contributed by atoms with Crippen LogP contribution in [0.25, 0.3) is 0 Å².